The minimum absolute atomic E-state index is 0.163. The van der Waals surface area contributed by atoms with Gasteiger partial charge < -0.3 is 15.7 Å². The summed E-state index contributed by atoms with van der Waals surface area (Å²) in [4.78, 5) is 11.7. The molecule has 1 rings (SSSR count). The molecule has 4 nitrogen and oxygen atoms in total. The van der Waals surface area contributed by atoms with Crippen LogP contribution in [0.3, 0.4) is 0 Å². The maximum atomic E-state index is 11.7. The van der Waals surface area contributed by atoms with Gasteiger partial charge in [-0.15, -0.1) is 0 Å². The summed E-state index contributed by atoms with van der Waals surface area (Å²) in [5.41, 5.74) is 1.05. The lowest BCUT2D eigenvalue weighted by Gasteiger charge is -2.16. The van der Waals surface area contributed by atoms with E-state index in [1.807, 2.05) is 24.3 Å². The van der Waals surface area contributed by atoms with E-state index in [1.54, 1.807) is 0 Å². The molecule has 0 bridgehead atoms. The van der Waals surface area contributed by atoms with Crippen molar-refractivity contribution in [2.75, 3.05) is 13.2 Å². The van der Waals surface area contributed by atoms with Crippen molar-refractivity contribution in [3.05, 3.63) is 34.3 Å². The first-order valence-corrected chi connectivity index (χ1v) is 7.82. The van der Waals surface area contributed by atoms with Gasteiger partial charge in [-0.3, -0.25) is 0 Å². The number of aliphatic hydroxyl groups excluding tert-OH is 1. The Kier molecular flexibility index (Phi) is 8.30. The van der Waals surface area contributed by atoms with Gasteiger partial charge in [0.15, 0.2) is 0 Å². The highest BCUT2D eigenvalue weighted by atomic mass is 79.9. The number of benzene rings is 1. The maximum Gasteiger partial charge on any atom is 0.315 e. The van der Waals surface area contributed by atoms with E-state index in [1.165, 1.54) is 0 Å². The van der Waals surface area contributed by atoms with Crippen molar-refractivity contribution in [2.24, 2.45) is 5.92 Å². The van der Waals surface area contributed by atoms with Crippen LogP contribution in [-0.4, -0.2) is 24.3 Å². The van der Waals surface area contributed by atoms with Crippen LogP contribution in [0.1, 0.15) is 31.7 Å². The largest absolute Gasteiger partial charge is 0.396 e. The molecule has 0 fully saturated rings. The molecule has 20 heavy (non-hydrogen) atoms. The molecule has 0 aliphatic rings. The average Bonchev–Trinajstić information content (AvgIpc) is 2.43. The van der Waals surface area contributed by atoms with Gasteiger partial charge in [-0.25, -0.2) is 4.79 Å². The third-order valence-corrected chi connectivity index (χ3v) is 3.62. The predicted octanol–water partition coefficient (Wildman–Crippen LogP) is 3.05. The molecule has 1 aromatic rings. The second kappa shape index (κ2) is 9.77. The van der Waals surface area contributed by atoms with Gasteiger partial charge in [-0.1, -0.05) is 41.4 Å². The Labute approximate surface area is 129 Å². The molecule has 3 N–H and O–H groups in total. The van der Waals surface area contributed by atoms with Crippen molar-refractivity contribution >= 4 is 22.0 Å². The van der Waals surface area contributed by atoms with Crippen LogP contribution < -0.4 is 10.6 Å². The molecular weight excluding hydrogens is 320 g/mol. The lowest BCUT2D eigenvalue weighted by Crippen LogP contribution is -2.38. The SMILES string of the molecule is CCCC(CCO)CNC(=O)NCc1cccc(Br)c1. The number of aliphatic hydroxyl groups is 1. The lowest BCUT2D eigenvalue weighted by molar-refractivity contribution is 0.229. The highest BCUT2D eigenvalue weighted by Gasteiger charge is 2.09. The predicted molar refractivity (Wildman–Crippen MR) is 84.5 cm³/mol. The smallest absolute Gasteiger partial charge is 0.315 e. The maximum absolute atomic E-state index is 11.7. The van der Waals surface area contributed by atoms with E-state index in [2.05, 4.69) is 33.5 Å². The molecule has 5 heteroatoms. The monoisotopic (exact) mass is 342 g/mol. The van der Waals surface area contributed by atoms with E-state index in [9.17, 15) is 4.79 Å². The number of rotatable bonds is 8. The molecule has 1 atom stereocenters. The number of amides is 2. The molecule has 2 amide bonds. The first kappa shape index (κ1) is 17.0. The van der Waals surface area contributed by atoms with Gasteiger partial charge >= 0.3 is 6.03 Å². The molecule has 0 aromatic heterocycles. The van der Waals surface area contributed by atoms with Gasteiger partial charge in [0.2, 0.25) is 0 Å². The zero-order valence-corrected chi connectivity index (χ0v) is 13.4. The van der Waals surface area contributed by atoms with Crippen LogP contribution >= 0.6 is 15.9 Å². The summed E-state index contributed by atoms with van der Waals surface area (Å²) in [6, 6.07) is 7.68. The summed E-state index contributed by atoms with van der Waals surface area (Å²) in [7, 11) is 0. The van der Waals surface area contributed by atoms with E-state index in [-0.39, 0.29) is 12.6 Å². The van der Waals surface area contributed by atoms with Gasteiger partial charge in [0.1, 0.15) is 0 Å². The number of hydrogen-bond donors (Lipinski definition) is 3. The van der Waals surface area contributed by atoms with Crippen LogP contribution in [0, 0.1) is 5.92 Å². The lowest BCUT2D eigenvalue weighted by atomic mass is 10.0. The summed E-state index contributed by atoms with van der Waals surface area (Å²) in [6.07, 6.45) is 2.82. The van der Waals surface area contributed by atoms with Crippen molar-refractivity contribution in [3.8, 4) is 0 Å². The number of halogens is 1. The minimum Gasteiger partial charge on any atom is -0.396 e. The second-order valence-electron chi connectivity index (χ2n) is 4.86. The molecule has 1 aromatic carbocycles. The molecule has 0 spiro atoms. The van der Waals surface area contributed by atoms with E-state index in [4.69, 9.17) is 5.11 Å². The molecule has 0 saturated heterocycles. The van der Waals surface area contributed by atoms with Crippen LogP contribution in [0.2, 0.25) is 0 Å². The van der Waals surface area contributed by atoms with Crippen molar-refractivity contribution in [3.63, 3.8) is 0 Å². The topological polar surface area (TPSA) is 61.4 Å². The van der Waals surface area contributed by atoms with Crippen molar-refractivity contribution in [2.45, 2.75) is 32.7 Å². The quantitative estimate of drug-likeness (QED) is 0.679. The first-order valence-electron chi connectivity index (χ1n) is 7.02. The van der Waals surface area contributed by atoms with E-state index in [0.29, 0.717) is 19.0 Å². The van der Waals surface area contributed by atoms with Gasteiger partial charge in [0, 0.05) is 24.2 Å². The van der Waals surface area contributed by atoms with Crippen LogP contribution in [0.25, 0.3) is 0 Å². The van der Waals surface area contributed by atoms with Crippen LogP contribution in [0.4, 0.5) is 4.79 Å². The highest BCUT2D eigenvalue weighted by Crippen LogP contribution is 2.11. The number of hydrogen-bond acceptors (Lipinski definition) is 2. The van der Waals surface area contributed by atoms with Crippen molar-refractivity contribution < 1.29 is 9.90 Å². The minimum atomic E-state index is -0.163. The number of carbonyl (C=O) groups excluding carboxylic acids is 1. The Hall–Kier alpha value is -1.07. The van der Waals surface area contributed by atoms with Gasteiger partial charge in [-0.05, 0) is 36.5 Å². The summed E-state index contributed by atoms with van der Waals surface area (Å²) in [6.45, 7) is 3.39. The Morgan fingerprint density at radius 3 is 2.80 bits per heavy atom. The molecule has 0 saturated carbocycles. The Balaban J connectivity index is 2.29. The second-order valence-corrected chi connectivity index (χ2v) is 5.78. The van der Waals surface area contributed by atoms with E-state index in [0.717, 1.165) is 29.3 Å². The fourth-order valence-corrected chi connectivity index (χ4v) is 2.51. The standard InChI is InChI=1S/C15H23BrN2O2/c1-2-4-12(7-8-19)10-17-15(20)18-11-13-5-3-6-14(16)9-13/h3,5-6,9,12,19H,2,4,7-8,10-11H2,1H3,(H2,17,18,20). The normalized spacial score (nSPS) is 11.9. The summed E-state index contributed by atoms with van der Waals surface area (Å²) < 4.78 is 1.00. The van der Waals surface area contributed by atoms with Crippen LogP contribution in [0.5, 0.6) is 0 Å². The molecule has 0 radical (unpaired) electrons. The molecular formula is C15H23BrN2O2. The van der Waals surface area contributed by atoms with Crippen molar-refractivity contribution in [1.29, 1.82) is 0 Å². The van der Waals surface area contributed by atoms with Gasteiger partial charge in [-0.2, -0.15) is 0 Å². The molecule has 112 valence electrons. The first-order chi connectivity index (χ1) is 9.65. The zero-order chi connectivity index (χ0) is 14.8. The molecule has 0 heterocycles. The van der Waals surface area contributed by atoms with Gasteiger partial charge in [0.05, 0.1) is 0 Å². The van der Waals surface area contributed by atoms with E-state index < -0.39 is 0 Å². The number of carbonyl (C=O) groups is 1. The molecule has 0 aliphatic heterocycles. The Morgan fingerprint density at radius 1 is 1.35 bits per heavy atom. The average molecular weight is 343 g/mol. The molecule has 1 unspecified atom stereocenters. The number of urea groups is 1. The summed E-state index contributed by atoms with van der Waals surface area (Å²) >= 11 is 3.40. The van der Waals surface area contributed by atoms with Crippen molar-refractivity contribution in [1.82, 2.24) is 10.6 Å². The Bertz CT molecular complexity index is 407. The van der Waals surface area contributed by atoms with E-state index >= 15 is 0 Å². The third kappa shape index (κ3) is 6.91. The summed E-state index contributed by atoms with van der Waals surface area (Å²) in [5, 5.41) is 14.7. The molecule has 0 aliphatic carbocycles. The van der Waals surface area contributed by atoms with Crippen LogP contribution in [0.15, 0.2) is 28.7 Å². The fourth-order valence-electron chi connectivity index (χ4n) is 2.07. The zero-order valence-electron chi connectivity index (χ0n) is 11.9. The Morgan fingerprint density at radius 2 is 2.15 bits per heavy atom. The fraction of sp³-hybridized carbons (Fsp3) is 0.533. The third-order valence-electron chi connectivity index (χ3n) is 3.13. The van der Waals surface area contributed by atoms with Gasteiger partial charge in [0.25, 0.3) is 0 Å². The summed E-state index contributed by atoms with van der Waals surface area (Å²) in [5.74, 6) is 0.349. The van der Waals surface area contributed by atoms with Crippen LogP contribution in [-0.2, 0) is 6.54 Å². The highest BCUT2D eigenvalue weighted by molar-refractivity contribution is 9.10. The number of nitrogens with one attached hydrogen (secondary N) is 2.